The summed E-state index contributed by atoms with van der Waals surface area (Å²) < 4.78 is 0. The molecular formula is C15H21N3. The lowest BCUT2D eigenvalue weighted by atomic mass is 10.0. The molecule has 3 heteroatoms. The van der Waals surface area contributed by atoms with E-state index in [1.54, 1.807) is 0 Å². The summed E-state index contributed by atoms with van der Waals surface area (Å²) in [5.74, 6) is 0. The van der Waals surface area contributed by atoms with Gasteiger partial charge in [0.25, 0.3) is 0 Å². The SMILES string of the molecule is Cc1cc(C#N)ccc1CN(C)C1CCCNC1. The quantitative estimate of drug-likeness (QED) is 0.883. The van der Waals surface area contributed by atoms with Gasteiger partial charge >= 0.3 is 0 Å². The Labute approximate surface area is 109 Å². The van der Waals surface area contributed by atoms with Crippen LogP contribution in [0.3, 0.4) is 0 Å². The van der Waals surface area contributed by atoms with Gasteiger partial charge in [-0.2, -0.15) is 5.26 Å². The lowest BCUT2D eigenvalue weighted by Crippen LogP contribution is -2.43. The first-order valence-corrected chi connectivity index (χ1v) is 6.61. The van der Waals surface area contributed by atoms with Crippen molar-refractivity contribution in [3.8, 4) is 6.07 Å². The predicted octanol–water partition coefficient (Wildman–Crippen LogP) is 2.05. The number of nitriles is 1. The molecule has 1 unspecified atom stereocenters. The maximum Gasteiger partial charge on any atom is 0.0991 e. The van der Waals surface area contributed by atoms with E-state index >= 15 is 0 Å². The van der Waals surface area contributed by atoms with Crippen LogP contribution >= 0.6 is 0 Å². The Bertz CT molecular complexity index is 442. The Hall–Kier alpha value is -1.37. The summed E-state index contributed by atoms with van der Waals surface area (Å²) in [6, 6.07) is 8.79. The molecule has 3 nitrogen and oxygen atoms in total. The maximum atomic E-state index is 8.87. The van der Waals surface area contributed by atoms with Gasteiger partial charge in [0.05, 0.1) is 11.6 Å². The van der Waals surface area contributed by atoms with E-state index in [0.717, 1.165) is 25.2 Å². The molecule has 0 aliphatic carbocycles. The number of piperidine rings is 1. The number of rotatable bonds is 3. The topological polar surface area (TPSA) is 39.1 Å². The van der Waals surface area contributed by atoms with E-state index in [0.29, 0.717) is 6.04 Å². The third-order valence-corrected chi connectivity index (χ3v) is 3.79. The summed E-state index contributed by atoms with van der Waals surface area (Å²) in [6.07, 6.45) is 2.54. The van der Waals surface area contributed by atoms with E-state index in [4.69, 9.17) is 5.26 Å². The Morgan fingerprint density at radius 3 is 2.94 bits per heavy atom. The minimum atomic E-state index is 0.633. The average molecular weight is 243 g/mol. The Morgan fingerprint density at radius 1 is 1.50 bits per heavy atom. The van der Waals surface area contributed by atoms with Crippen molar-refractivity contribution >= 4 is 0 Å². The molecule has 18 heavy (non-hydrogen) atoms. The molecule has 0 radical (unpaired) electrons. The average Bonchev–Trinajstić information content (AvgIpc) is 2.42. The number of benzene rings is 1. The van der Waals surface area contributed by atoms with Crippen molar-refractivity contribution in [3.05, 3.63) is 34.9 Å². The van der Waals surface area contributed by atoms with E-state index < -0.39 is 0 Å². The zero-order chi connectivity index (χ0) is 13.0. The lowest BCUT2D eigenvalue weighted by Gasteiger charge is -2.32. The van der Waals surface area contributed by atoms with Crippen molar-refractivity contribution in [1.29, 1.82) is 5.26 Å². The predicted molar refractivity (Wildman–Crippen MR) is 73.3 cm³/mol. The monoisotopic (exact) mass is 243 g/mol. The highest BCUT2D eigenvalue weighted by Gasteiger charge is 2.18. The molecule has 0 spiro atoms. The molecule has 1 aromatic rings. The molecule has 0 aromatic heterocycles. The first-order chi connectivity index (χ1) is 8.70. The fourth-order valence-electron chi connectivity index (χ4n) is 2.55. The summed E-state index contributed by atoms with van der Waals surface area (Å²) in [5.41, 5.74) is 3.28. The highest BCUT2D eigenvalue weighted by Crippen LogP contribution is 2.16. The first kappa shape index (κ1) is 13.1. The zero-order valence-corrected chi connectivity index (χ0v) is 11.2. The van der Waals surface area contributed by atoms with Crippen molar-refractivity contribution in [3.63, 3.8) is 0 Å². The molecule has 1 atom stereocenters. The van der Waals surface area contributed by atoms with Gasteiger partial charge in [-0.3, -0.25) is 4.90 Å². The Balaban J connectivity index is 2.02. The van der Waals surface area contributed by atoms with E-state index in [9.17, 15) is 0 Å². The zero-order valence-electron chi connectivity index (χ0n) is 11.2. The smallest absolute Gasteiger partial charge is 0.0991 e. The molecule has 0 bridgehead atoms. The molecular weight excluding hydrogens is 222 g/mol. The summed E-state index contributed by atoms with van der Waals surface area (Å²) in [4.78, 5) is 2.42. The highest BCUT2D eigenvalue weighted by atomic mass is 15.2. The van der Waals surface area contributed by atoms with Gasteiger partial charge in [-0.15, -0.1) is 0 Å². The van der Waals surface area contributed by atoms with Crippen LogP contribution in [0.15, 0.2) is 18.2 Å². The summed E-state index contributed by atoms with van der Waals surface area (Å²) in [5, 5.41) is 12.3. The fraction of sp³-hybridized carbons (Fsp3) is 0.533. The number of nitrogens with zero attached hydrogens (tertiary/aromatic N) is 2. The minimum Gasteiger partial charge on any atom is -0.315 e. The molecule has 96 valence electrons. The van der Waals surface area contributed by atoms with Crippen LogP contribution in [-0.4, -0.2) is 31.1 Å². The molecule has 1 aliphatic heterocycles. The van der Waals surface area contributed by atoms with E-state index in [2.05, 4.69) is 36.3 Å². The number of hydrogen-bond acceptors (Lipinski definition) is 3. The standard InChI is InChI=1S/C15H21N3/c1-12-8-13(9-16)5-6-14(12)11-18(2)15-4-3-7-17-10-15/h5-6,8,15,17H,3-4,7,10-11H2,1-2H3. The lowest BCUT2D eigenvalue weighted by molar-refractivity contribution is 0.195. The van der Waals surface area contributed by atoms with Crippen LogP contribution in [0.1, 0.15) is 29.5 Å². The summed E-state index contributed by atoms with van der Waals surface area (Å²) >= 11 is 0. The van der Waals surface area contributed by atoms with Gasteiger partial charge in [0.1, 0.15) is 0 Å². The highest BCUT2D eigenvalue weighted by molar-refractivity contribution is 5.37. The van der Waals surface area contributed by atoms with Crippen LogP contribution in [0, 0.1) is 18.3 Å². The molecule has 1 saturated heterocycles. The van der Waals surface area contributed by atoms with Gasteiger partial charge in [-0.25, -0.2) is 0 Å². The van der Waals surface area contributed by atoms with Gasteiger partial charge in [0, 0.05) is 19.1 Å². The van der Waals surface area contributed by atoms with Crippen LogP contribution in [-0.2, 0) is 6.54 Å². The second-order valence-electron chi connectivity index (χ2n) is 5.17. The molecule has 1 N–H and O–H groups in total. The summed E-state index contributed by atoms with van der Waals surface area (Å²) in [6.45, 7) is 5.29. The van der Waals surface area contributed by atoms with Crippen LogP contribution in [0.2, 0.25) is 0 Å². The second kappa shape index (κ2) is 5.99. The normalized spacial score (nSPS) is 19.8. The van der Waals surface area contributed by atoms with Crippen molar-refractivity contribution in [2.75, 3.05) is 20.1 Å². The summed E-state index contributed by atoms with van der Waals surface area (Å²) in [7, 11) is 2.19. The molecule has 1 aromatic carbocycles. The van der Waals surface area contributed by atoms with Crippen LogP contribution in [0.4, 0.5) is 0 Å². The number of hydrogen-bond donors (Lipinski definition) is 1. The number of likely N-dealkylation sites (N-methyl/N-ethyl adjacent to an activating group) is 1. The van der Waals surface area contributed by atoms with Gasteiger partial charge < -0.3 is 5.32 Å². The van der Waals surface area contributed by atoms with Gasteiger partial charge in [0.2, 0.25) is 0 Å². The van der Waals surface area contributed by atoms with Crippen molar-refractivity contribution in [2.45, 2.75) is 32.4 Å². The van der Waals surface area contributed by atoms with Crippen molar-refractivity contribution < 1.29 is 0 Å². The van der Waals surface area contributed by atoms with E-state index in [1.165, 1.54) is 24.0 Å². The van der Waals surface area contributed by atoms with E-state index in [1.807, 2.05) is 12.1 Å². The van der Waals surface area contributed by atoms with Crippen molar-refractivity contribution in [1.82, 2.24) is 10.2 Å². The molecule has 0 saturated carbocycles. The Morgan fingerprint density at radius 2 is 2.33 bits per heavy atom. The largest absolute Gasteiger partial charge is 0.315 e. The third-order valence-electron chi connectivity index (χ3n) is 3.79. The minimum absolute atomic E-state index is 0.633. The van der Waals surface area contributed by atoms with Crippen LogP contribution < -0.4 is 5.32 Å². The maximum absolute atomic E-state index is 8.87. The molecule has 1 heterocycles. The molecule has 2 rings (SSSR count). The van der Waals surface area contributed by atoms with Crippen LogP contribution in [0.5, 0.6) is 0 Å². The van der Waals surface area contributed by atoms with Gasteiger partial charge in [-0.1, -0.05) is 6.07 Å². The Kier molecular flexibility index (Phi) is 4.35. The molecule has 1 fully saturated rings. The van der Waals surface area contributed by atoms with Crippen molar-refractivity contribution in [2.24, 2.45) is 0 Å². The number of nitrogens with one attached hydrogen (secondary N) is 1. The second-order valence-corrected chi connectivity index (χ2v) is 5.17. The third kappa shape index (κ3) is 3.10. The number of aryl methyl sites for hydroxylation is 1. The van der Waals surface area contributed by atoms with Gasteiger partial charge in [0.15, 0.2) is 0 Å². The fourth-order valence-corrected chi connectivity index (χ4v) is 2.55. The van der Waals surface area contributed by atoms with Gasteiger partial charge in [-0.05, 0) is 56.6 Å². The van der Waals surface area contributed by atoms with E-state index in [-0.39, 0.29) is 0 Å². The molecule has 1 aliphatic rings. The van der Waals surface area contributed by atoms with Crippen LogP contribution in [0.25, 0.3) is 0 Å². The first-order valence-electron chi connectivity index (χ1n) is 6.61. The molecule has 0 amide bonds.